The molecule has 1 aromatic carbocycles. The van der Waals surface area contributed by atoms with Crippen molar-refractivity contribution in [3.05, 3.63) is 47.9 Å². The van der Waals surface area contributed by atoms with Gasteiger partial charge < -0.3 is 9.67 Å². The Morgan fingerprint density at radius 3 is 2.61 bits per heavy atom. The average Bonchev–Trinajstić information content (AvgIpc) is 2.68. The molecule has 1 N–H and O–H groups in total. The van der Waals surface area contributed by atoms with E-state index in [0.29, 0.717) is 0 Å². The molecule has 4 heteroatoms. The molecule has 0 aliphatic heterocycles. The molecule has 0 saturated carbocycles. The SMILES string of the molecule is C/C(=C\O)Cc1cn(C)c2ccccc12.O=C=O. The summed E-state index contributed by atoms with van der Waals surface area (Å²) in [6.07, 6.45) is 4.36. The van der Waals surface area contributed by atoms with Gasteiger partial charge in [-0.05, 0) is 30.5 Å². The zero-order chi connectivity index (χ0) is 13.5. The second-order valence-corrected chi connectivity index (χ2v) is 4.02. The second-order valence-electron chi connectivity index (χ2n) is 4.02. The van der Waals surface area contributed by atoms with E-state index in [0.717, 1.165) is 12.0 Å². The molecular formula is C14H15NO3. The molecule has 0 unspecified atom stereocenters. The Bertz CT molecular complexity index is 590. The molecule has 94 valence electrons. The van der Waals surface area contributed by atoms with Gasteiger partial charge in [-0.2, -0.15) is 9.59 Å². The summed E-state index contributed by atoms with van der Waals surface area (Å²) in [6, 6.07) is 8.32. The lowest BCUT2D eigenvalue weighted by Crippen LogP contribution is -1.85. The van der Waals surface area contributed by atoms with Gasteiger partial charge in [0, 0.05) is 24.1 Å². The third-order valence-corrected chi connectivity index (χ3v) is 2.67. The Hall–Kier alpha value is -2.32. The zero-order valence-corrected chi connectivity index (χ0v) is 10.4. The van der Waals surface area contributed by atoms with E-state index in [1.807, 2.05) is 26.1 Å². The van der Waals surface area contributed by atoms with Gasteiger partial charge in [0.05, 0.1) is 6.26 Å². The van der Waals surface area contributed by atoms with Crippen LogP contribution < -0.4 is 0 Å². The molecule has 4 nitrogen and oxygen atoms in total. The summed E-state index contributed by atoms with van der Waals surface area (Å²) in [5.41, 5.74) is 3.47. The average molecular weight is 245 g/mol. The fraction of sp³-hybridized carbons (Fsp3) is 0.214. The summed E-state index contributed by atoms with van der Waals surface area (Å²) in [5.74, 6) is 0. The molecule has 0 fully saturated rings. The van der Waals surface area contributed by atoms with Crippen molar-refractivity contribution < 1.29 is 14.7 Å². The Morgan fingerprint density at radius 1 is 1.39 bits per heavy atom. The molecule has 0 aliphatic rings. The molecule has 18 heavy (non-hydrogen) atoms. The van der Waals surface area contributed by atoms with Crippen molar-refractivity contribution in [3.8, 4) is 0 Å². The number of fused-ring (bicyclic) bond motifs is 1. The number of carbonyl (C=O) groups excluding carboxylic acids is 2. The predicted octanol–water partition coefficient (Wildman–Crippen LogP) is 2.60. The van der Waals surface area contributed by atoms with Crippen LogP contribution in [0.25, 0.3) is 10.9 Å². The molecule has 1 aromatic heterocycles. The highest BCUT2D eigenvalue weighted by Crippen LogP contribution is 2.22. The largest absolute Gasteiger partial charge is 0.516 e. The fourth-order valence-electron chi connectivity index (χ4n) is 1.91. The van der Waals surface area contributed by atoms with Crippen LogP contribution in [0.3, 0.4) is 0 Å². The van der Waals surface area contributed by atoms with Crippen LogP contribution in [0.1, 0.15) is 12.5 Å². The Balaban J connectivity index is 0.000000492. The van der Waals surface area contributed by atoms with Crippen molar-refractivity contribution in [2.45, 2.75) is 13.3 Å². The monoisotopic (exact) mass is 245 g/mol. The van der Waals surface area contributed by atoms with E-state index in [1.165, 1.54) is 22.7 Å². The third-order valence-electron chi connectivity index (χ3n) is 2.67. The van der Waals surface area contributed by atoms with Gasteiger partial charge in [0.2, 0.25) is 0 Å². The number of benzene rings is 1. The number of allylic oxidation sites excluding steroid dienone is 1. The number of aliphatic hydroxyl groups is 1. The number of rotatable bonds is 2. The van der Waals surface area contributed by atoms with Gasteiger partial charge in [-0.15, -0.1) is 0 Å². The third kappa shape index (κ3) is 3.09. The quantitative estimate of drug-likeness (QED) is 0.827. The smallest absolute Gasteiger partial charge is 0.373 e. The minimum Gasteiger partial charge on any atom is -0.516 e. The van der Waals surface area contributed by atoms with Crippen LogP contribution >= 0.6 is 0 Å². The van der Waals surface area contributed by atoms with Gasteiger partial charge in [-0.25, -0.2) is 0 Å². The first kappa shape index (κ1) is 13.7. The van der Waals surface area contributed by atoms with Crippen molar-refractivity contribution in [2.75, 3.05) is 0 Å². The number of hydrogen-bond acceptors (Lipinski definition) is 3. The van der Waals surface area contributed by atoms with Gasteiger partial charge in [0.1, 0.15) is 0 Å². The molecule has 0 spiro atoms. The van der Waals surface area contributed by atoms with E-state index in [1.54, 1.807) is 0 Å². The lowest BCUT2D eigenvalue weighted by Gasteiger charge is -1.97. The van der Waals surface area contributed by atoms with Crippen LogP contribution in [0.4, 0.5) is 0 Å². The number of nitrogens with zero attached hydrogens (tertiary/aromatic N) is 1. The maximum atomic E-state index is 8.91. The highest BCUT2D eigenvalue weighted by atomic mass is 16.2. The van der Waals surface area contributed by atoms with Crippen molar-refractivity contribution in [3.63, 3.8) is 0 Å². The molecule has 0 bridgehead atoms. The summed E-state index contributed by atoms with van der Waals surface area (Å²) in [7, 11) is 2.05. The lowest BCUT2D eigenvalue weighted by molar-refractivity contribution is -0.191. The predicted molar refractivity (Wildman–Crippen MR) is 68.0 cm³/mol. The lowest BCUT2D eigenvalue weighted by atomic mass is 10.1. The highest BCUT2D eigenvalue weighted by Gasteiger charge is 2.05. The minimum atomic E-state index is 0.250. The Morgan fingerprint density at radius 2 is 2.00 bits per heavy atom. The van der Waals surface area contributed by atoms with E-state index < -0.39 is 0 Å². The molecular weight excluding hydrogens is 230 g/mol. The van der Waals surface area contributed by atoms with Crippen LogP contribution in [-0.4, -0.2) is 15.8 Å². The maximum absolute atomic E-state index is 8.91. The van der Waals surface area contributed by atoms with E-state index in [-0.39, 0.29) is 6.15 Å². The number of aliphatic hydroxyl groups excluding tert-OH is 1. The summed E-state index contributed by atoms with van der Waals surface area (Å²) in [4.78, 5) is 16.2. The minimum absolute atomic E-state index is 0.250. The highest BCUT2D eigenvalue weighted by molar-refractivity contribution is 5.84. The van der Waals surface area contributed by atoms with Crippen LogP contribution in [0.15, 0.2) is 42.3 Å². The van der Waals surface area contributed by atoms with E-state index in [2.05, 4.69) is 22.9 Å². The van der Waals surface area contributed by atoms with E-state index >= 15 is 0 Å². The molecule has 1 heterocycles. The topological polar surface area (TPSA) is 59.3 Å². The van der Waals surface area contributed by atoms with Gasteiger partial charge in [-0.3, -0.25) is 0 Å². The summed E-state index contributed by atoms with van der Waals surface area (Å²) in [6.45, 7) is 1.93. The second kappa shape index (κ2) is 6.42. The van der Waals surface area contributed by atoms with Crippen LogP contribution in [0.5, 0.6) is 0 Å². The first-order chi connectivity index (χ1) is 8.63. The molecule has 0 saturated heterocycles. The van der Waals surface area contributed by atoms with Gasteiger partial charge in [0.25, 0.3) is 0 Å². The van der Waals surface area contributed by atoms with Gasteiger partial charge in [0.15, 0.2) is 0 Å². The molecule has 0 amide bonds. The molecule has 2 rings (SSSR count). The van der Waals surface area contributed by atoms with Crippen molar-refractivity contribution in [1.29, 1.82) is 0 Å². The van der Waals surface area contributed by atoms with Gasteiger partial charge in [-0.1, -0.05) is 18.2 Å². The van der Waals surface area contributed by atoms with Crippen LogP contribution in [-0.2, 0) is 23.1 Å². The van der Waals surface area contributed by atoms with Gasteiger partial charge >= 0.3 is 6.15 Å². The van der Waals surface area contributed by atoms with Crippen molar-refractivity contribution >= 4 is 17.1 Å². The summed E-state index contributed by atoms with van der Waals surface area (Å²) in [5, 5.41) is 10.2. The van der Waals surface area contributed by atoms with Crippen molar-refractivity contribution in [1.82, 2.24) is 4.57 Å². The van der Waals surface area contributed by atoms with Crippen LogP contribution in [0, 0.1) is 0 Å². The first-order valence-corrected chi connectivity index (χ1v) is 5.46. The number of para-hydroxylation sites is 1. The fourth-order valence-corrected chi connectivity index (χ4v) is 1.91. The van der Waals surface area contributed by atoms with E-state index in [9.17, 15) is 0 Å². The molecule has 2 aromatic rings. The summed E-state index contributed by atoms with van der Waals surface area (Å²) < 4.78 is 2.12. The molecule has 0 atom stereocenters. The molecule has 0 radical (unpaired) electrons. The van der Waals surface area contributed by atoms with E-state index in [4.69, 9.17) is 14.7 Å². The standard InChI is InChI=1S/C13H15NO.CO2/c1-10(9-15)7-11-8-14(2)13-6-4-3-5-12(11)13;2-1-3/h3-6,8-9,15H,7H2,1-2H3;/b10-9+;. The van der Waals surface area contributed by atoms with Crippen molar-refractivity contribution in [2.24, 2.45) is 7.05 Å². The normalized spacial score (nSPS) is 10.7. The van der Waals surface area contributed by atoms with Crippen LogP contribution in [0.2, 0.25) is 0 Å². The number of aryl methyl sites for hydroxylation is 1. The first-order valence-electron chi connectivity index (χ1n) is 5.46. The Kier molecular flexibility index (Phi) is 4.90. The molecule has 0 aliphatic carbocycles. The summed E-state index contributed by atoms with van der Waals surface area (Å²) >= 11 is 0. The maximum Gasteiger partial charge on any atom is 0.373 e. The number of hydrogen-bond donors (Lipinski definition) is 1. The number of aromatic nitrogens is 1. The zero-order valence-electron chi connectivity index (χ0n) is 10.4. The Labute approximate surface area is 105 Å².